The highest BCUT2D eigenvalue weighted by Crippen LogP contribution is 2.29. The smallest absolute Gasteiger partial charge is 0.358 e. The van der Waals surface area contributed by atoms with Crippen molar-refractivity contribution < 1.29 is 9.53 Å². The summed E-state index contributed by atoms with van der Waals surface area (Å²) in [6.45, 7) is 1.86. The molecule has 0 atom stereocenters. The summed E-state index contributed by atoms with van der Waals surface area (Å²) in [4.78, 5) is 20.5. The Hall–Kier alpha value is -1.75. The summed E-state index contributed by atoms with van der Waals surface area (Å²) < 4.78 is 4.70. The summed E-state index contributed by atoms with van der Waals surface area (Å²) in [5, 5.41) is 0.833. The number of rotatable bonds is 2. The first kappa shape index (κ1) is 10.8. The maximum Gasteiger partial charge on any atom is 0.358 e. The highest BCUT2D eigenvalue weighted by molar-refractivity contribution is 7.15. The van der Waals surface area contributed by atoms with E-state index in [0.29, 0.717) is 5.69 Å². The molecule has 0 fully saturated rings. The molecule has 5 heteroatoms. The zero-order chi connectivity index (χ0) is 11.5. The summed E-state index contributed by atoms with van der Waals surface area (Å²) >= 11 is 1.46. The molecule has 0 N–H and O–H groups in total. The molecule has 2 heterocycles. The van der Waals surface area contributed by atoms with Gasteiger partial charge in [-0.3, -0.25) is 4.98 Å². The van der Waals surface area contributed by atoms with Gasteiger partial charge in [0, 0.05) is 18.0 Å². The van der Waals surface area contributed by atoms with Crippen LogP contribution in [0.3, 0.4) is 0 Å². The van der Waals surface area contributed by atoms with Crippen molar-refractivity contribution in [1.82, 2.24) is 9.97 Å². The summed E-state index contributed by atoms with van der Waals surface area (Å²) in [5.74, 6) is -0.414. The number of ether oxygens (including phenoxy) is 1. The van der Waals surface area contributed by atoms with Crippen molar-refractivity contribution in [2.45, 2.75) is 6.92 Å². The lowest BCUT2D eigenvalue weighted by molar-refractivity contribution is 0.0595. The molecule has 0 aliphatic heterocycles. The third-order valence-electron chi connectivity index (χ3n) is 2.04. The van der Waals surface area contributed by atoms with E-state index in [1.807, 2.05) is 19.1 Å². The summed E-state index contributed by atoms with van der Waals surface area (Å²) in [5.41, 5.74) is 1.24. The van der Waals surface area contributed by atoms with Crippen molar-refractivity contribution in [3.8, 4) is 10.4 Å². The van der Waals surface area contributed by atoms with Crippen LogP contribution >= 0.6 is 11.3 Å². The number of pyridine rings is 1. The lowest BCUT2D eigenvalue weighted by atomic mass is 10.2. The molecule has 0 bridgehead atoms. The molecule has 2 aromatic heterocycles. The molecule has 2 rings (SSSR count). The molecule has 82 valence electrons. The summed E-state index contributed by atoms with van der Waals surface area (Å²) in [6.07, 6.45) is 3.40. The van der Waals surface area contributed by atoms with Gasteiger partial charge in [0.25, 0.3) is 0 Å². The molecule has 0 unspecified atom stereocenters. The first-order chi connectivity index (χ1) is 7.72. The molecule has 2 aromatic rings. The molecule has 0 aliphatic carbocycles. The van der Waals surface area contributed by atoms with Crippen molar-refractivity contribution >= 4 is 17.3 Å². The van der Waals surface area contributed by atoms with Crippen LogP contribution in [0.2, 0.25) is 0 Å². The Bertz CT molecular complexity index is 508. The second-order valence-corrected chi connectivity index (χ2v) is 4.35. The molecular weight excluding hydrogens is 224 g/mol. The van der Waals surface area contributed by atoms with Gasteiger partial charge >= 0.3 is 5.97 Å². The van der Waals surface area contributed by atoms with Gasteiger partial charge in [0.2, 0.25) is 0 Å². The molecule has 4 nitrogen and oxygen atoms in total. The quantitative estimate of drug-likeness (QED) is 0.748. The average Bonchev–Trinajstić information content (AvgIpc) is 2.71. The van der Waals surface area contributed by atoms with Gasteiger partial charge in [-0.2, -0.15) is 0 Å². The molecule has 0 radical (unpaired) electrons. The van der Waals surface area contributed by atoms with Crippen molar-refractivity contribution in [3.05, 3.63) is 35.2 Å². The van der Waals surface area contributed by atoms with Crippen LogP contribution in [0.1, 0.15) is 15.5 Å². The second kappa shape index (κ2) is 4.40. The van der Waals surface area contributed by atoms with Crippen molar-refractivity contribution in [3.63, 3.8) is 0 Å². The third-order valence-corrected chi connectivity index (χ3v) is 3.06. The van der Waals surface area contributed by atoms with Crippen LogP contribution in [0.15, 0.2) is 24.5 Å². The molecule has 0 saturated carbocycles. The van der Waals surface area contributed by atoms with E-state index in [4.69, 9.17) is 4.74 Å². The van der Waals surface area contributed by atoms with Gasteiger partial charge in [-0.25, -0.2) is 9.78 Å². The number of aromatic nitrogens is 2. The van der Waals surface area contributed by atoms with Crippen LogP contribution in [0.5, 0.6) is 0 Å². The Kier molecular flexibility index (Phi) is 2.96. The van der Waals surface area contributed by atoms with Gasteiger partial charge in [-0.15, -0.1) is 11.3 Å². The number of hydrogen-bond donors (Lipinski definition) is 0. The molecule has 16 heavy (non-hydrogen) atoms. The number of nitrogens with zero attached hydrogens (tertiary/aromatic N) is 2. The van der Waals surface area contributed by atoms with Crippen LogP contribution in [0.25, 0.3) is 10.4 Å². The maximum atomic E-state index is 11.5. The monoisotopic (exact) mass is 234 g/mol. The van der Waals surface area contributed by atoms with Crippen LogP contribution in [0, 0.1) is 6.92 Å². The predicted octanol–water partition coefficient (Wildman–Crippen LogP) is 2.30. The number of thiazole rings is 1. The maximum absolute atomic E-state index is 11.5. The Balaban J connectivity index is 2.53. The zero-order valence-corrected chi connectivity index (χ0v) is 9.75. The first-order valence-electron chi connectivity index (χ1n) is 4.68. The molecule has 0 saturated heterocycles. The standard InChI is InChI=1S/C11H10N2O2S/c1-7-13-9(11(14)15-2)10(16-7)8-4-3-5-12-6-8/h3-6H,1-2H3. The van der Waals surface area contributed by atoms with Crippen molar-refractivity contribution in [1.29, 1.82) is 0 Å². The highest BCUT2D eigenvalue weighted by Gasteiger charge is 2.18. The van der Waals surface area contributed by atoms with Crippen LogP contribution in [-0.2, 0) is 4.74 Å². The van der Waals surface area contributed by atoms with E-state index >= 15 is 0 Å². The molecule has 0 aromatic carbocycles. The molecule has 0 aliphatic rings. The largest absolute Gasteiger partial charge is 0.464 e. The number of aryl methyl sites for hydroxylation is 1. The van der Waals surface area contributed by atoms with Gasteiger partial charge in [0.1, 0.15) is 0 Å². The van der Waals surface area contributed by atoms with Crippen LogP contribution in [-0.4, -0.2) is 23.0 Å². The van der Waals surface area contributed by atoms with Gasteiger partial charge in [-0.05, 0) is 13.0 Å². The molecule has 0 spiro atoms. The zero-order valence-electron chi connectivity index (χ0n) is 8.93. The Morgan fingerprint density at radius 3 is 2.94 bits per heavy atom. The fourth-order valence-corrected chi connectivity index (χ4v) is 2.25. The van der Waals surface area contributed by atoms with Gasteiger partial charge in [0.05, 0.1) is 17.0 Å². The Morgan fingerprint density at radius 1 is 1.50 bits per heavy atom. The van der Waals surface area contributed by atoms with Gasteiger partial charge in [0.15, 0.2) is 5.69 Å². The fraction of sp³-hybridized carbons (Fsp3) is 0.182. The van der Waals surface area contributed by atoms with E-state index in [9.17, 15) is 4.79 Å². The van der Waals surface area contributed by atoms with E-state index in [2.05, 4.69) is 9.97 Å². The Labute approximate surface area is 96.9 Å². The van der Waals surface area contributed by atoms with Gasteiger partial charge < -0.3 is 4.74 Å². The van der Waals surface area contributed by atoms with Crippen LogP contribution in [0.4, 0.5) is 0 Å². The average molecular weight is 234 g/mol. The van der Waals surface area contributed by atoms with E-state index in [0.717, 1.165) is 15.4 Å². The minimum Gasteiger partial charge on any atom is -0.464 e. The number of esters is 1. The van der Waals surface area contributed by atoms with E-state index in [1.54, 1.807) is 12.4 Å². The molecular formula is C11H10N2O2S. The fourth-order valence-electron chi connectivity index (χ4n) is 1.35. The SMILES string of the molecule is COC(=O)c1nc(C)sc1-c1cccnc1. The minimum absolute atomic E-state index is 0.359. The van der Waals surface area contributed by atoms with Crippen molar-refractivity contribution in [2.75, 3.05) is 7.11 Å². The van der Waals surface area contributed by atoms with Crippen molar-refractivity contribution in [2.24, 2.45) is 0 Å². The van der Waals surface area contributed by atoms with Gasteiger partial charge in [-0.1, -0.05) is 6.07 Å². The third kappa shape index (κ3) is 1.94. The number of carbonyl (C=O) groups excluding carboxylic acids is 1. The topological polar surface area (TPSA) is 52.1 Å². The number of carbonyl (C=O) groups is 1. The predicted molar refractivity (Wildman–Crippen MR) is 61.4 cm³/mol. The minimum atomic E-state index is -0.414. The lowest BCUT2D eigenvalue weighted by Crippen LogP contribution is -2.03. The second-order valence-electron chi connectivity index (χ2n) is 3.14. The van der Waals surface area contributed by atoms with E-state index in [-0.39, 0.29) is 0 Å². The summed E-state index contributed by atoms with van der Waals surface area (Å²) in [6, 6.07) is 3.72. The first-order valence-corrected chi connectivity index (χ1v) is 5.50. The van der Waals surface area contributed by atoms with E-state index < -0.39 is 5.97 Å². The lowest BCUT2D eigenvalue weighted by Gasteiger charge is -1.99. The normalized spacial score (nSPS) is 10.1. The van der Waals surface area contributed by atoms with Crippen LogP contribution < -0.4 is 0 Å². The summed E-state index contributed by atoms with van der Waals surface area (Å²) in [7, 11) is 1.35. The van der Waals surface area contributed by atoms with E-state index in [1.165, 1.54) is 18.4 Å². The Morgan fingerprint density at radius 2 is 2.31 bits per heavy atom. The number of methoxy groups -OCH3 is 1. The highest BCUT2D eigenvalue weighted by atomic mass is 32.1. The number of hydrogen-bond acceptors (Lipinski definition) is 5. The molecule has 0 amide bonds.